The summed E-state index contributed by atoms with van der Waals surface area (Å²) < 4.78 is 11.5. The Morgan fingerprint density at radius 1 is 1.30 bits per heavy atom. The van der Waals surface area contributed by atoms with Gasteiger partial charge >= 0.3 is 12.1 Å². The molecule has 1 aromatic carbocycles. The molecular formula is C22H26BrN3O4. The van der Waals surface area contributed by atoms with E-state index in [-0.39, 0.29) is 12.1 Å². The number of methoxy groups -OCH3 is 1. The van der Waals surface area contributed by atoms with Gasteiger partial charge in [-0.15, -0.1) is 0 Å². The van der Waals surface area contributed by atoms with Gasteiger partial charge in [0.1, 0.15) is 5.60 Å². The molecule has 2 aromatic rings. The Morgan fingerprint density at radius 3 is 2.77 bits per heavy atom. The SMILES string of the molecule is COC(=O)c1ccncc1NC[C@H]1c2ccc(Br)cc2CCN1C(=O)OC(C)(C)C. The fraction of sp³-hybridized carbons (Fsp3) is 0.409. The molecule has 0 bridgehead atoms. The molecule has 3 rings (SSSR count). The van der Waals surface area contributed by atoms with E-state index in [1.54, 1.807) is 17.2 Å². The summed E-state index contributed by atoms with van der Waals surface area (Å²) in [5, 5.41) is 3.28. The molecule has 1 atom stereocenters. The number of carbonyl (C=O) groups is 2. The van der Waals surface area contributed by atoms with Crippen LogP contribution in [0.4, 0.5) is 10.5 Å². The average Bonchev–Trinajstić information content (AvgIpc) is 2.70. The van der Waals surface area contributed by atoms with Crippen molar-refractivity contribution in [1.29, 1.82) is 0 Å². The van der Waals surface area contributed by atoms with Crippen molar-refractivity contribution in [2.75, 3.05) is 25.5 Å². The summed E-state index contributed by atoms with van der Waals surface area (Å²) in [4.78, 5) is 30.8. The third kappa shape index (κ3) is 5.11. The number of amides is 1. The predicted molar refractivity (Wildman–Crippen MR) is 118 cm³/mol. The lowest BCUT2D eigenvalue weighted by molar-refractivity contribution is 0.0153. The minimum absolute atomic E-state index is 0.262. The highest BCUT2D eigenvalue weighted by atomic mass is 79.9. The highest BCUT2D eigenvalue weighted by Gasteiger charge is 2.33. The van der Waals surface area contributed by atoms with Crippen LogP contribution in [0.2, 0.25) is 0 Å². The molecule has 0 spiro atoms. The number of hydrogen-bond donors (Lipinski definition) is 1. The number of rotatable bonds is 4. The van der Waals surface area contributed by atoms with E-state index in [1.165, 1.54) is 18.9 Å². The number of hydrogen-bond acceptors (Lipinski definition) is 6. The molecule has 0 radical (unpaired) electrons. The predicted octanol–water partition coefficient (Wildman–Crippen LogP) is 4.58. The summed E-state index contributed by atoms with van der Waals surface area (Å²) in [6.07, 6.45) is 3.50. The van der Waals surface area contributed by atoms with Gasteiger partial charge in [0.05, 0.1) is 30.6 Å². The summed E-state index contributed by atoms with van der Waals surface area (Å²) in [7, 11) is 1.34. The van der Waals surface area contributed by atoms with E-state index in [4.69, 9.17) is 9.47 Å². The summed E-state index contributed by atoms with van der Waals surface area (Å²) in [5.74, 6) is -0.447. The standard InChI is InChI=1S/C22H26BrN3O4/c1-22(2,3)30-21(28)26-10-8-14-11-15(23)5-6-16(14)19(26)13-25-18-12-24-9-7-17(18)20(27)29-4/h5-7,9,11-12,19,25H,8,10,13H2,1-4H3/t19-/m0/s1. The molecule has 1 amide bonds. The van der Waals surface area contributed by atoms with Crippen LogP contribution in [0.15, 0.2) is 41.1 Å². The molecule has 1 N–H and O–H groups in total. The molecular weight excluding hydrogens is 450 g/mol. The largest absolute Gasteiger partial charge is 0.465 e. The van der Waals surface area contributed by atoms with Crippen LogP contribution in [-0.2, 0) is 15.9 Å². The summed E-state index contributed by atoms with van der Waals surface area (Å²) in [5.41, 5.74) is 2.58. The maximum absolute atomic E-state index is 12.9. The van der Waals surface area contributed by atoms with Crippen LogP contribution in [-0.4, -0.2) is 47.7 Å². The lowest BCUT2D eigenvalue weighted by atomic mass is 9.92. The van der Waals surface area contributed by atoms with Crippen molar-refractivity contribution in [2.24, 2.45) is 0 Å². The van der Waals surface area contributed by atoms with Gasteiger partial charge in [0.15, 0.2) is 0 Å². The first-order valence-electron chi connectivity index (χ1n) is 9.74. The maximum Gasteiger partial charge on any atom is 0.410 e. The minimum atomic E-state index is -0.587. The number of anilines is 1. The van der Waals surface area contributed by atoms with Gasteiger partial charge in [0.2, 0.25) is 0 Å². The van der Waals surface area contributed by atoms with E-state index in [0.717, 1.165) is 16.5 Å². The summed E-state index contributed by atoms with van der Waals surface area (Å²) >= 11 is 3.52. The zero-order chi connectivity index (χ0) is 21.9. The number of fused-ring (bicyclic) bond motifs is 1. The van der Waals surface area contributed by atoms with Gasteiger partial charge in [0, 0.05) is 23.8 Å². The van der Waals surface area contributed by atoms with Crippen molar-refractivity contribution in [1.82, 2.24) is 9.88 Å². The van der Waals surface area contributed by atoms with Gasteiger partial charge in [-0.25, -0.2) is 9.59 Å². The third-order valence-corrected chi connectivity index (χ3v) is 5.30. The molecule has 2 heterocycles. The maximum atomic E-state index is 12.9. The van der Waals surface area contributed by atoms with E-state index >= 15 is 0 Å². The number of esters is 1. The second kappa shape index (κ2) is 9.04. The van der Waals surface area contributed by atoms with Crippen LogP contribution in [0.3, 0.4) is 0 Å². The number of carbonyl (C=O) groups excluding carboxylic acids is 2. The Labute approximate surface area is 184 Å². The number of halogens is 1. The molecule has 0 fully saturated rings. The summed E-state index contributed by atoms with van der Waals surface area (Å²) in [6.45, 7) is 6.49. The van der Waals surface area contributed by atoms with Gasteiger partial charge < -0.3 is 14.8 Å². The van der Waals surface area contributed by atoms with Gasteiger partial charge in [-0.1, -0.05) is 22.0 Å². The fourth-order valence-electron chi connectivity index (χ4n) is 3.47. The van der Waals surface area contributed by atoms with Crippen LogP contribution in [0.5, 0.6) is 0 Å². The van der Waals surface area contributed by atoms with Crippen molar-refractivity contribution in [2.45, 2.75) is 38.8 Å². The lowest BCUT2D eigenvalue weighted by Crippen LogP contribution is -2.45. The van der Waals surface area contributed by atoms with Crippen molar-refractivity contribution in [3.8, 4) is 0 Å². The minimum Gasteiger partial charge on any atom is -0.465 e. The Balaban J connectivity index is 1.90. The quantitative estimate of drug-likeness (QED) is 0.651. The molecule has 8 heteroatoms. The molecule has 1 aromatic heterocycles. The highest BCUT2D eigenvalue weighted by molar-refractivity contribution is 9.10. The van der Waals surface area contributed by atoms with E-state index in [2.05, 4.69) is 32.3 Å². The van der Waals surface area contributed by atoms with Crippen molar-refractivity contribution in [3.05, 3.63) is 57.8 Å². The normalized spacial score (nSPS) is 15.9. The Kier molecular flexibility index (Phi) is 6.65. The van der Waals surface area contributed by atoms with Crippen LogP contribution in [0.1, 0.15) is 48.3 Å². The summed E-state index contributed by atoms with van der Waals surface area (Å²) in [6, 6.07) is 7.41. The van der Waals surface area contributed by atoms with Crippen molar-refractivity contribution >= 4 is 33.7 Å². The van der Waals surface area contributed by atoms with E-state index in [9.17, 15) is 9.59 Å². The first-order chi connectivity index (χ1) is 14.2. The molecule has 7 nitrogen and oxygen atoms in total. The zero-order valence-corrected chi connectivity index (χ0v) is 19.2. The molecule has 1 aliphatic heterocycles. The van der Waals surface area contributed by atoms with Gasteiger partial charge in [-0.05, 0) is 56.5 Å². The zero-order valence-electron chi connectivity index (χ0n) is 17.6. The molecule has 30 heavy (non-hydrogen) atoms. The molecule has 0 unspecified atom stereocenters. The topological polar surface area (TPSA) is 80.8 Å². The Hall–Kier alpha value is -2.61. The smallest absolute Gasteiger partial charge is 0.410 e. The van der Waals surface area contributed by atoms with E-state index < -0.39 is 11.6 Å². The van der Waals surface area contributed by atoms with Crippen molar-refractivity contribution < 1.29 is 19.1 Å². The second-order valence-electron chi connectivity index (χ2n) is 8.08. The Morgan fingerprint density at radius 2 is 2.07 bits per heavy atom. The number of benzene rings is 1. The van der Waals surface area contributed by atoms with Gasteiger partial charge in [0.25, 0.3) is 0 Å². The number of nitrogens with zero attached hydrogens (tertiary/aromatic N) is 2. The average molecular weight is 476 g/mol. The van der Waals surface area contributed by atoms with Gasteiger partial charge in [-0.3, -0.25) is 9.88 Å². The fourth-order valence-corrected chi connectivity index (χ4v) is 3.88. The molecule has 0 saturated heterocycles. The van der Waals surface area contributed by atoms with E-state index in [0.29, 0.717) is 24.3 Å². The number of pyridine rings is 1. The number of ether oxygens (including phenoxy) is 2. The van der Waals surface area contributed by atoms with Crippen LogP contribution in [0.25, 0.3) is 0 Å². The Bertz CT molecular complexity index is 942. The number of nitrogens with one attached hydrogen (secondary N) is 1. The van der Waals surface area contributed by atoms with Gasteiger partial charge in [-0.2, -0.15) is 0 Å². The van der Waals surface area contributed by atoms with Crippen LogP contribution < -0.4 is 5.32 Å². The third-order valence-electron chi connectivity index (χ3n) is 4.80. The molecule has 0 aliphatic carbocycles. The molecule has 160 valence electrons. The molecule has 1 aliphatic rings. The first-order valence-corrected chi connectivity index (χ1v) is 10.5. The van der Waals surface area contributed by atoms with Crippen molar-refractivity contribution in [3.63, 3.8) is 0 Å². The number of aromatic nitrogens is 1. The lowest BCUT2D eigenvalue weighted by Gasteiger charge is -2.38. The first kappa shape index (κ1) is 22.1. The monoisotopic (exact) mass is 475 g/mol. The molecule has 0 saturated carbocycles. The second-order valence-corrected chi connectivity index (χ2v) is 8.99. The highest BCUT2D eigenvalue weighted by Crippen LogP contribution is 2.33. The van der Waals surface area contributed by atoms with Crippen LogP contribution >= 0.6 is 15.9 Å². The van der Waals surface area contributed by atoms with Crippen LogP contribution in [0, 0.1) is 0 Å². The van der Waals surface area contributed by atoms with E-state index in [1.807, 2.05) is 32.9 Å².